The van der Waals surface area contributed by atoms with Crippen LogP contribution in [0.3, 0.4) is 0 Å². The predicted octanol–water partition coefficient (Wildman–Crippen LogP) is 3.73. The van der Waals surface area contributed by atoms with Crippen LogP contribution in [0.25, 0.3) is 0 Å². The second-order valence-electron chi connectivity index (χ2n) is 5.53. The van der Waals surface area contributed by atoms with Gasteiger partial charge in [0.1, 0.15) is 0 Å². The van der Waals surface area contributed by atoms with E-state index in [4.69, 9.17) is 15.3 Å². The van der Waals surface area contributed by atoms with Gasteiger partial charge in [0.05, 0.1) is 24.7 Å². The van der Waals surface area contributed by atoms with Crippen LogP contribution in [0.1, 0.15) is 46.5 Å². The van der Waals surface area contributed by atoms with Crippen molar-refractivity contribution in [2.75, 3.05) is 0 Å². The van der Waals surface area contributed by atoms with Crippen LogP contribution in [0, 0.1) is 34.0 Å². The quantitative estimate of drug-likeness (QED) is 0.672. The number of carbonyl (C=O) groups excluding carboxylic acids is 1. The molecule has 0 heterocycles. The third-order valence-electron chi connectivity index (χ3n) is 2.85. The number of alkyl halides is 3. The molecule has 0 aliphatic carbocycles. The largest absolute Gasteiger partial charge is 0.463 e. The number of hydrogen-bond acceptors (Lipinski definition) is 4. The Balaban J connectivity index is 4.68. The average Bonchev–Trinajstić information content (AvgIpc) is 2.32. The molecule has 0 saturated heterocycles. The van der Waals surface area contributed by atoms with Crippen molar-refractivity contribution in [3.63, 3.8) is 0 Å². The van der Waals surface area contributed by atoms with Crippen LogP contribution in [-0.4, -0.2) is 18.2 Å². The van der Waals surface area contributed by atoms with Gasteiger partial charge in [0.25, 0.3) is 0 Å². The summed E-state index contributed by atoms with van der Waals surface area (Å²) in [5.74, 6) is -0.539. The second-order valence-corrected chi connectivity index (χ2v) is 5.53. The summed E-state index contributed by atoms with van der Waals surface area (Å²) >= 11 is 0. The van der Waals surface area contributed by atoms with Crippen molar-refractivity contribution >= 4 is 5.97 Å². The van der Waals surface area contributed by atoms with Crippen LogP contribution in [0.2, 0.25) is 0 Å². The molecule has 0 bridgehead atoms. The lowest BCUT2D eigenvalue weighted by Crippen LogP contribution is -2.27. The molecule has 21 heavy (non-hydrogen) atoms. The number of hydrogen-bond donors (Lipinski definition) is 0. The molecule has 7 heteroatoms. The number of esters is 1. The van der Waals surface area contributed by atoms with Crippen molar-refractivity contribution in [2.24, 2.45) is 11.3 Å². The van der Waals surface area contributed by atoms with E-state index >= 15 is 0 Å². The number of nitriles is 2. The molecule has 0 aromatic rings. The van der Waals surface area contributed by atoms with Gasteiger partial charge in [-0.05, 0) is 25.7 Å². The Morgan fingerprint density at radius 2 is 1.67 bits per heavy atom. The zero-order valence-corrected chi connectivity index (χ0v) is 12.3. The number of carbonyl (C=O) groups is 1. The van der Waals surface area contributed by atoms with Gasteiger partial charge in [0.15, 0.2) is 5.41 Å². The maximum absolute atomic E-state index is 12.2. The first-order valence-corrected chi connectivity index (χ1v) is 6.62. The summed E-state index contributed by atoms with van der Waals surface area (Å²) < 4.78 is 41.7. The van der Waals surface area contributed by atoms with E-state index in [2.05, 4.69) is 0 Å². The van der Waals surface area contributed by atoms with E-state index < -0.39 is 42.9 Å². The molecule has 0 fully saturated rings. The van der Waals surface area contributed by atoms with Crippen molar-refractivity contribution in [3.05, 3.63) is 0 Å². The van der Waals surface area contributed by atoms with E-state index in [-0.39, 0.29) is 5.92 Å². The van der Waals surface area contributed by atoms with Gasteiger partial charge in [-0.15, -0.1) is 0 Å². The molecule has 0 radical (unpaired) electrons. The molecule has 0 N–H and O–H groups in total. The van der Waals surface area contributed by atoms with Crippen molar-refractivity contribution in [3.8, 4) is 12.1 Å². The third-order valence-corrected chi connectivity index (χ3v) is 2.85. The van der Waals surface area contributed by atoms with Crippen molar-refractivity contribution < 1.29 is 22.7 Å². The maximum Gasteiger partial charge on any atom is 0.389 e. The van der Waals surface area contributed by atoms with Gasteiger partial charge in [-0.2, -0.15) is 23.7 Å². The minimum absolute atomic E-state index is 0.287. The van der Waals surface area contributed by atoms with E-state index in [1.807, 2.05) is 13.8 Å². The molecule has 0 aromatic heterocycles. The monoisotopic (exact) mass is 304 g/mol. The Bertz CT molecular complexity index is 419. The Kier molecular flexibility index (Phi) is 7.21. The van der Waals surface area contributed by atoms with E-state index in [0.717, 1.165) is 0 Å². The van der Waals surface area contributed by atoms with Gasteiger partial charge >= 0.3 is 12.1 Å². The van der Waals surface area contributed by atoms with Gasteiger partial charge in [-0.25, -0.2) is 0 Å². The lowest BCUT2D eigenvalue weighted by atomic mass is 9.83. The van der Waals surface area contributed by atoms with Crippen molar-refractivity contribution in [1.29, 1.82) is 10.5 Å². The highest BCUT2D eigenvalue weighted by atomic mass is 19.4. The summed E-state index contributed by atoms with van der Waals surface area (Å²) in [7, 11) is 0. The first kappa shape index (κ1) is 19.2. The van der Waals surface area contributed by atoms with Gasteiger partial charge in [0, 0.05) is 6.42 Å². The highest BCUT2D eigenvalue weighted by molar-refractivity contribution is 5.71. The summed E-state index contributed by atoms with van der Waals surface area (Å²) in [6, 6.07) is 3.04. The number of nitrogens with zero attached hydrogens (tertiary/aromatic N) is 2. The fourth-order valence-electron chi connectivity index (χ4n) is 1.88. The molecule has 0 aliphatic rings. The summed E-state index contributed by atoms with van der Waals surface area (Å²) in [4.78, 5) is 11.7. The highest BCUT2D eigenvalue weighted by Crippen LogP contribution is 2.33. The number of halogens is 3. The molecule has 1 atom stereocenters. The Hall–Kier alpha value is -1.76. The summed E-state index contributed by atoms with van der Waals surface area (Å²) in [6.07, 6.45) is -6.97. The molecule has 0 amide bonds. The lowest BCUT2D eigenvalue weighted by Gasteiger charge is -2.20. The molecule has 0 saturated carbocycles. The van der Waals surface area contributed by atoms with Crippen LogP contribution >= 0.6 is 0 Å². The van der Waals surface area contributed by atoms with Gasteiger partial charge in [-0.1, -0.05) is 13.8 Å². The third kappa shape index (κ3) is 8.19. The molecule has 0 aromatic carbocycles. The first-order valence-electron chi connectivity index (χ1n) is 6.62. The second kappa shape index (κ2) is 7.87. The molecule has 4 nitrogen and oxygen atoms in total. The molecular weight excluding hydrogens is 285 g/mol. The SMILES string of the molecule is CC(C)CC(C)OC(=O)CC(C#N)(C#N)CCC(F)(F)F. The molecule has 1 unspecified atom stereocenters. The van der Waals surface area contributed by atoms with Crippen molar-refractivity contribution in [1.82, 2.24) is 0 Å². The minimum Gasteiger partial charge on any atom is -0.463 e. The van der Waals surface area contributed by atoms with Gasteiger partial charge < -0.3 is 4.74 Å². The van der Waals surface area contributed by atoms with E-state index in [1.54, 1.807) is 6.92 Å². The molecular formula is C14H19F3N2O2. The zero-order valence-electron chi connectivity index (χ0n) is 12.3. The molecule has 0 aliphatic heterocycles. The minimum atomic E-state index is -4.48. The topological polar surface area (TPSA) is 73.9 Å². The normalized spacial score (nSPS) is 13.4. The Labute approximate surface area is 122 Å². The zero-order chi connectivity index (χ0) is 16.7. The van der Waals surface area contributed by atoms with Crippen LogP contribution in [0.5, 0.6) is 0 Å². The predicted molar refractivity (Wildman–Crippen MR) is 68.6 cm³/mol. The lowest BCUT2D eigenvalue weighted by molar-refractivity contribution is -0.153. The highest BCUT2D eigenvalue weighted by Gasteiger charge is 2.39. The molecule has 0 rings (SSSR count). The van der Waals surface area contributed by atoms with Crippen LogP contribution in [0.15, 0.2) is 0 Å². The smallest absolute Gasteiger partial charge is 0.389 e. The van der Waals surface area contributed by atoms with E-state index in [9.17, 15) is 18.0 Å². The summed E-state index contributed by atoms with van der Waals surface area (Å²) in [5.41, 5.74) is -2.00. The number of ether oxygens (including phenoxy) is 1. The van der Waals surface area contributed by atoms with E-state index in [1.165, 1.54) is 12.1 Å². The standard InChI is InChI=1S/C14H19F3N2O2/c1-10(2)6-11(3)21-12(20)7-13(8-18,9-19)4-5-14(15,16)17/h10-11H,4-7H2,1-3H3. The molecule has 118 valence electrons. The van der Waals surface area contributed by atoms with Gasteiger partial charge in [-0.3, -0.25) is 4.79 Å². The summed E-state index contributed by atoms with van der Waals surface area (Å²) in [5, 5.41) is 17.9. The van der Waals surface area contributed by atoms with Crippen LogP contribution in [-0.2, 0) is 9.53 Å². The average molecular weight is 304 g/mol. The molecule has 0 spiro atoms. The van der Waals surface area contributed by atoms with E-state index in [0.29, 0.717) is 6.42 Å². The summed E-state index contributed by atoms with van der Waals surface area (Å²) in [6.45, 7) is 5.53. The number of rotatable bonds is 7. The van der Waals surface area contributed by atoms with Crippen molar-refractivity contribution in [2.45, 2.75) is 58.7 Å². The first-order chi connectivity index (χ1) is 9.53. The fraction of sp³-hybridized carbons (Fsp3) is 0.786. The maximum atomic E-state index is 12.2. The Morgan fingerprint density at radius 3 is 2.05 bits per heavy atom. The van der Waals surface area contributed by atoms with Crippen LogP contribution in [0.4, 0.5) is 13.2 Å². The Morgan fingerprint density at radius 1 is 1.14 bits per heavy atom. The van der Waals surface area contributed by atoms with Crippen LogP contribution < -0.4 is 0 Å². The fourth-order valence-corrected chi connectivity index (χ4v) is 1.88. The van der Waals surface area contributed by atoms with Gasteiger partial charge in [0.2, 0.25) is 0 Å².